The van der Waals surface area contributed by atoms with Gasteiger partial charge >= 0.3 is 6.18 Å². The second-order valence-corrected chi connectivity index (χ2v) is 10.4. The summed E-state index contributed by atoms with van der Waals surface area (Å²) in [5.41, 5.74) is 3.15. The third-order valence-electron chi connectivity index (χ3n) is 8.02. The molecule has 4 rings (SSSR count). The standard InChI is InChI=1S/C29H38F3N3O3/c1-19-20(2)27(38-15-5-4-12-33-13-14-36)11-10-26(19)21(3)34-17-25-16-24(34)18-35(25)28(37)22-6-8-23(9-7-22)29(30,31)32/h6-11,21,24-25,33,36H,4-5,12-18H2,1-3H3/t21-,24+,25+/m0/s1. The summed E-state index contributed by atoms with van der Waals surface area (Å²) in [5, 5.41) is 12.0. The van der Waals surface area contributed by atoms with E-state index in [1.54, 1.807) is 0 Å². The fourth-order valence-electron chi connectivity index (χ4n) is 5.73. The molecule has 2 heterocycles. The maximum absolute atomic E-state index is 13.1. The first kappa shape index (κ1) is 28.4. The van der Waals surface area contributed by atoms with Crippen molar-refractivity contribution in [1.82, 2.24) is 15.1 Å². The number of halogens is 3. The normalized spacial score (nSPS) is 20.2. The number of rotatable bonds is 11. The van der Waals surface area contributed by atoms with Crippen LogP contribution in [0.2, 0.25) is 0 Å². The van der Waals surface area contributed by atoms with Gasteiger partial charge < -0.3 is 20.1 Å². The van der Waals surface area contributed by atoms with Gasteiger partial charge in [0, 0.05) is 43.3 Å². The van der Waals surface area contributed by atoms with Gasteiger partial charge in [-0.05, 0) is 93.6 Å². The van der Waals surface area contributed by atoms with Crippen LogP contribution in [0.4, 0.5) is 13.2 Å². The minimum Gasteiger partial charge on any atom is -0.493 e. The van der Waals surface area contributed by atoms with Crippen LogP contribution in [0.1, 0.15) is 64.8 Å². The van der Waals surface area contributed by atoms with Crippen molar-refractivity contribution in [3.8, 4) is 5.75 Å². The molecule has 38 heavy (non-hydrogen) atoms. The Balaban J connectivity index is 1.33. The Hall–Kier alpha value is -2.62. The number of carbonyl (C=O) groups excluding carboxylic acids is 1. The fourth-order valence-corrected chi connectivity index (χ4v) is 5.73. The Morgan fingerprint density at radius 1 is 1.05 bits per heavy atom. The lowest BCUT2D eigenvalue weighted by atomic mass is 9.96. The highest BCUT2D eigenvalue weighted by Crippen LogP contribution is 2.40. The molecule has 0 unspecified atom stereocenters. The highest BCUT2D eigenvalue weighted by atomic mass is 19.4. The second kappa shape index (κ2) is 12.1. The molecule has 6 nitrogen and oxygen atoms in total. The summed E-state index contributed by atoms with van der Waals surface area (Å²) in [6.07, 6.45) is -1.61. The summed E-state index contributed by atoms with van der Waals surface area (Å²) < 4.78 is 44.7. The number of nitrogens with zero attached hydrogens (tertiary/aromatic N) is 2. The molecule has 2 saturated heterocycles. The fraction of sp³-hybridized carbons (Fsp3) is 0.552. The van der Waals surface area contributed by atoms with E-state index in [9.17, 15) is 18.0 Å². The zero-order valence-electron chi connectivity index (χ0n) is 22.4. The van der Waals surface area contributed by atoms with E-state index in [-0.39, 0.29) is 30.6 Å². The van der Waals surface area contributed by atoms with Gasteiger partial charge in [0.15, 0.2) is 0 Å². The molecule has 2 aromatic rings. The third kappa shape index (κ3) is 6.16. The monoisotopic (exact) mass is 533 g/mol. The lowest BCUT2D eigenvalue weighted by Crippen LogP contribution is -2.49. The minimum absolute atomic E-state index is 0.0631. The molecule has 0 spiro atoms. The van der Waals surface area contributed by atoms with Crippen LogP contribution in [0.3, 0.4) is 0 Å². The van der Waals surface area contributed by atoms with Gasteiger partial charge in [-0.3, -0.25) is 9.69 Å². The largest absolute Gasteiger partial charge is 0.493 e. The lowest BCUT2D eigenvalue weighted by molar-refractivity contribution is -0.137. The van der Waals surface area contributed by atoms with Crippen molar-refractivity contribution in [2.75, 3.05) is 39.4 Å². The van der Waals surface area contributed by atoms with Gasteiger partial charge in [-0.15, -0.1) is 0 Å². The van der Waals surface area contributed by atoms with Crippen molar-refractivity contribution in [2.24, 2.45) is 0 Å². The van der Waals surface area contributed by atoms with E-state index in [1.807, 2.05) is 11.0 Å². The van der Waals surface area contributed by atoms with Crippen molar-refractivity contribution >= 4 is 5.91 Å². The molecule has 2 bridgehead atoms. The number of unbranched alkanes of at least 4 members (excludes halogenated alkanes) is 1. The number of alkyl halides is 3. The average Bonchev–Trinajstić information content (AvgIpc) is 3.51. The molecule has 2 aliphatic rings. The minimum atomic E-state index is -4.41. The number of amides is 1. The van der Waals surface area contributed by atoms with Gasteiger partial charge in [-0.25, -0.2) is 0 Å². The first-order valence-corrected chi connectivity index (χ1v) is 13.4. The van der Waals surface area contributed by atoms with Crippen LogP contribution in [-0.4, -0.2) is 72.3 Å². The predicted octanol–water partition coefficient (Wildman–Crippen LogP) is 4.72. The molecule has 2 fully saturated rings. The number of aliphatic hydroxyl groups excluding tert-OH is 1. The lowest BCUT2D eigenvalue weighted by Gasteiger charge is -2.38. The van der Waals surface area contributed by atoms with Crippen LogP contribution in [-0.2, 0) is 6.18 Å². The van der Waals surface area contributed by atoms with Crippen molar-refractivity contribution in [3.05, 3.63) is 64.2 Å². The van der Waals surface area contributed by atoms with E-state index in [0.717, 1.165) is 55.8 Å². The molecule has 0 aromatic heterocycles. The summed E-state index contributed by atoms with van der Waals surface area (Å²) in [5.74, 6) is 0.703. The number of piperazine rings is 1. The quantitative estimate of drug-likeness (QED) is 0.409. The van der Waals surface area contributed by atoms with Crippen LogP contribution in [0.15, 0.2) is 36.4 Å². The van der Waals surface area contributed by atoms with Gasteiger partial charge in [-0.2, -0.15) is 13.2 Å². The molecule has 208 valence electrons. The van der Waals surface area contributed by atoms with Crippen LogP contribution >= 0.6 is 0 Å². The van der Waals surface area contributed by atoms with E-state index < -0.39 is 11.7 Å². The molecule has 2 aromatic carbocycles. The van der Waals surface area contributed by atoms with Crippen LogP contribution in [0, 0.1) is 13.8 Å². The van der Waals surface area contributed by atoms with Crippen molar-refractivity contribution in [1.29, 1.82) is 0 Å². The smallest absolute Gasteiger partial charge is 0.416 e. The predicted molar refractivity (Wildman–Crippen MR) is 140 cm³/mol. The molecular formula is C29H38F3N3O3. The summed E-state index contributed by atoms with van der Waals surface area (Å²) in [7, 11) is 0. The molecule has 3 atom stereocenters. The van der Waals surface area contributed by atoms with Crippen LogP contribution in [0.5, 0.6) is 5.75 Å². The molecule has 0 saturated carbocycles. The van der Waals surface area contributed by atoms with Gasteiger partial charge in [-0.1, -0.05) is 6.07 Å². The Morgan fingerprint density at radius 2 is 1.79 bits per heavy atom. The van der Waals surface area contributed by atoms with E-state index in [1.165, 1.54) is 23.3 Å². The number of carbonyl (C=O) groups is 1. The Kier molecular flexibility index (Phi) is 9.00. The number of fused-ring (bicyclic) bond motifs is 2. The Labute approximate surface area is 222 Å². The zero-order valence-corrected chi connectivity index (χ0v) is 22.4. The van der Waals surface area contributed by atoms with E-state index >= 15 is 0 Å². The average molecular weight is 534 g/mol. The number of likely N-dealkylation sites (tertiary alicyclic amines) is 2. The number of hydrogen-bond acceptors (Lipinski definition) is 5. The molecule has 2 aliphatic heterocycles. The summed E-state index contributed by atoms with van der Waals surface area (Å²) >= 11 is 0. The van der Waals surface area contributed by atoms with Crippen molar-refractivity contribution in [2.45, 2.75) is 64.3 Å². The van der Waals surface area contributed by atoms with E-state index in [2.05, 4.69) is 37.1 Å². The number of benzene rings is 2. The van der Waals surface area contributed by atoms with Crippen molar-refractivity contribution in [3.63, 3.8) is 0 Å². The first-order chi connectivity index (χ1) is 18.1. The highest BCUT2D eigenvalue weighted by Gasteiger charge is 2.47. The molecule has 1 amide bonds. The molecule has 9 heteroatoms. The first-order valence-electron chi connectivity index (χ1n) is 13.4. The number of nitrogens with one attached hydrogen (secondary N) is 1. The second-order valence-electron chi connectivity index (χ2n) is 10.4. The molecule has 2 N–H and O–H groups in total. The van der Waals surface area contributed by atoms with E-state index in [0.29, 0.717) is 25.3 Å². The Bertz CT molecular complexity index is 1110. The zero-order chi connectivity index (χ0) is 27.4. The highest BCUT2D eigenvalue weighted by molar-refractivity contribution is 5.94. The van der Waals surface area contributed by atoms with Crippen LogP contribution < -0.4 is 10.1 Å². The van der Waals surface area contributed by atoms with Gasteiger partial charge in [0.05, 0.1) is 18.8 Å². The SMILES string of the molecule is Cc1c(OCCCCNCCO)ccc([C@H](C)N2C[C@H]3C[C@@H]2CN3C(=O)c2ccc(C(F)(F)F)cc2)c1C. The van der Waals surface area contributed by atoms with E-state index in [4.69, 9.17) is 9.84 Å². The van der Waals surface area contributed by atoms with Gasteiger partial charge in [0.25, 0.3) is 5.91 Å². The molecular weight excluding hydrogens is 495 g/mol. The number of hydrogen-bond donors (Lipinski definition) is 2. The third-order valence-corrected chi connectivity index (χ3v) is 8.02. The maximum Gasteiger partial charge on any atom is 0.416 e. The summed E-state index contributed by atoms with van der Waals surface area (Å²) in [6.45, 7) is 10.0. The topological polar surface area (TPSA) is 65.0 Å². The molecule has 0 radical (unpaired) electrons. The van der Waals surface area contributed by atoms with Crippen molar-refractivity contribution < 1.29 is 27.8 Å². The maximum atomic E-state index is 13.1. The van der Waals surface area contributed by atoms with Gasteiger partial charge in [0.1, 0.15) is 5.75 Å². The number of ether oxygens (including phenoxy) is 1. The number of aliphatic hydroxyl groups is 1. The Morgan fingerprint density at radius 3 is 2.42 bits per heavy atom. The van der Waals surface area contributed by atoms with Gasteiger partial charge in [0.2, 0.25) is 0 Å². The summed E-state index contributed by atoms with van der Waals surface area (Å²) in [6, 6.07) is 9.17. The van der Waals surface area contributed by atoms with Crippen LogP contribution in [0.25, 0.3) is 0 Å². The molecule has 0 aliphatic carbocycles. The summed E-state index contributed by atoms with van der Waals surface area (Å²) in [4.78, 5) is 17.3.